The molecular formula is C18H22N4O4. The van der Waals surface area contributed by atoms with E-state index in [9.17, 15) is 19.2 Å². The van der Waals surface area contributed by atoms with Crippen molar-refractivity contribution in [3.8, 4) is 0 Å². The van der Waals surface area contributed by atoms with E-state index in [-0.39, 0.29) is 31.2 Å². The summed E-state index contributed by atoms with van der Waals surface area (Å²) >= 11 is 0. The van der Waals surface area contributed by atoms with Gasteiger partial charge in [-0.3, -0.25) is 15.0 Å². The van der Waals surface area contributed by atoms with Crippen molar-refractivity contribution in [2.75, 3.05) is 13.1 Å². The standard InChI is InChI=1S/C18H22N4O4/c23-13-15-7-4-11-21-17(25)10-12-20(18(26)22(15)21)19-16(24)9-8-14-5-2-1-3-6-14/h1-3,5-6,13,15H,4,7-12H2,(H,19,24)/t15-/m0/s1. The fourth-order valence-corrected chi connectivity index (χ4v) is 3.24. The van der Waals surface area contributed by atoms with Gasteiger partial charge in [-0.1, -0.05) is 30.3 Å². The highest BCUT2D eigenvalue weighted by atomic mass is 16.2. The average Bonchev–Trinajstić information content (AvgIpc) is 2.79. The number of carbonyl (C=O) groups excluding carboxylic acids is 4. The van der Waals surface area contributed by atoms with Gasteiger partial charge in [0.1, 0.15) is 12.3 Å². The highest BCUT2D eigenvalue weighted by Gasteiger charge is 2.40. The molecule has 2 saturated heterocycles. The first kappa shape index (κ1) is 17.9. The minimum atomic E-state index is -0.679. The third kappa shape index (κ3) is 3.84. The summed E-state index contributed by atoms with van der Waals surface area (Å²) in [6, 6.07) is 8.36. The van der Waals surface area contributed by atoms with Crippen LogP contribution in [0.3, 0.4) is 0 Å². The number of urea groups is 1. The van der Waals surface area contributed by atoms with E-state index in [1.165, 1.54) is 10.0 Å². The quantitative estimate of drug-likeness (QED) is 0.792. The molecule has 4 amide bonds. The Bertz CT molecular complexity index is 694. The zero-order valence-corrected chi connectivity index (χ0v) is 14.5. The number of fused-ring (bicyclic) bond motifs is 1. The third-order valence-corrected chi connectivity index (χ3v) is 4.61. The molecule has 0 unspecified atom stereocenters. The molecule has 0 aromatic heterocycles. The summed E-state index contributed by atoms with van der Waals surface area (Å²) in [6.45, 7) is 0.498. The molecule has 1 aromatic rings. The lowest BCUT2D eigenvalue weighted by atomic mass is 10.1. The molecule has 3 rings (SSSR count). The van der Waals surface area contributed by atoms with Gasteiger partial charge in [0, 0.05) is 19.4 Å². The zero-order chi connectivity index (χ0) is 18.5. The lowest BCUT2D eigenvalue weighted by Crippen LogP contribution is -2.61. The van der Waals surface area contributed by atoms with Crippen molar-refractivity contribution >= 4 is 24.1 Å². The van der Waals surface area contributed by atoms with Crippen LogP contribution in [-0.2, 0) is 20.8 Å². The molecule has 8 heteroatoms. The van der Waals surface area contributed by atoms with Gasteiger partial charge < -0.3 is 4.79 Å². The third-order valence-electron chi connectivity index (χ3n) is 4.61. The lowest BCUT2D eigenvalue weighted by Gasteiger charge is -2.41. The van der Waals surface area contributed by atoms with E-state index >= 15 is 0 Å². The molecule has 1 N–H and O–H groups in total. The summed E-state index contributed by atoms with van der Waals surface area (Å²) in [5.74, 6) is -0.520. The van der Waals surface area contributed by atoms with Crippen LogP contribution in [0.15, 0.2) is 30.3 Å². The van der Waals surface area contributed by atoms with Crippen LogP contribution in [0.2, 0.25) is 0 Å². The van der Waals surface area contributed by atoms with Crippen LogP contribution in [0, 0.1) is 0 Å². The van der Waals surface area contributed by atoms with Crippen molar-refractivity contribution in [3.63, 3.8) is 0 Å². The molecule has 2 aliphatic heterocycles. The molecule has 0 aliphatic carbocycles. The number of aldehydes is 1. The van der Waals surface area contributed by atoms with Crippen LogP contribution in [0.5, 0.6) is 0 Å². The number of amides is 4. The number of nitrogens with one attached hydrogen (secondary N) is 1. The largest absolute Gasteiger partial charge is 0.358 e. The van der Waals surface area contributed by atoms with Crippen molar-refractivity contribution in [2.45, 2.75) is 38.1 Å². The monoisotopic (exact) mass is 358 g/mol. The van der Waals surface area contributed by atoms with Gasteiger partial charge in [0.05, 0.1) is 6.54 Å². The van der Waals surface area contributed by atoms with E-state index in [2.05, 4.69) is 5.43 Å². The molecule has 1 atom stereocenters. The van der Waals surface area contributed by atoms with Crippen molar-refractivity contribution < 1.29 is 19.2 Å². The van der Waals surface area contributed by atoms with Crippen molar-refractivity contribution in [1.29, 1.82) is 0 Å². The normalized spacial score (nSPS) is 20.5. The van der Waals surface area contributed by atoms with Crippen molar-refractivity contribution in [1.82, 2.24) is 20.5 Å². The smallest absolute Gasteiger partial charge is 0.301 e. The van der Waals surface area contributed by atoms with Crippen LogP contribution < -0.4 is 5.43 Å². The van der Waals surface area contributed by atoms with Crippen LogP contribution in [-0.4, -0.2) is 58.3 Å². The summed E-state index contributed by atoms with van der Waals surface area (Å²) in [6.07, 6.45) is 2.74. The van der Waals surface area contributed by atoms with Gasteiger partial charge in [0.15, 0.2) is 0 Å². The first-order valence-corrected chi connectivity index (χ1v) is 8.80. The molecule has 1 aromatic carbocycles. The number of nitrogens with zero attached hydrogens (tertiary/aromatic N) is 3. The minimum absolute atomic E-state index is 0.0906. The van der Waals surface area contributed by atoms with Gasteiger partial charge in [-0.15, -0.1) is 0 Å². The predicted molar refractivity (Wildman–Crippen MR) is 92.3 cm³/mol. The maximum atomic E-state index is 12.8. The summed E-state index contributed by atoms with van der Waals surface area (Å²) in [7, 11) is 0. The topological polar surface area (TPSA) is 90.0 Å². The Morgan fingerprint density at radius 1 is 1.19 bits per heavy atom. The summed E-state index contributed by atoms with van der Waals surface area (Å²) in [4.78, 5) is 48.6. The molecule has 0 saturated carbocycles. The van der Waals surface area contributed by atoms with Crippen LogP contribution in [0.25, 0.3) is 0 Å². The summed E-state index contributed by atoms with van der Waals surface area (Å²) in [5.41, 5.74) is 3.62. The average molecular weight is 358 g/mol. The Morgan fingerprint density at radius 2 is 1.96 bits per heavy atom. The van der Waals surface area contributed by atoms with Crippen LogP contribution in [0.1, 0.15) is 31.2 Å². The maximum absolute atomic E-state index is 12.8. The Balaban J connectivity index is 1.65. The fraction of sp³-hybridized carbons (Fsp3) is 0.444. The molecular weight excluding hydrogens is 336 g/mol. The Kier molecular flexibility index (Phi) is 5.50. The van der Waals surface area contributed by atoms with Crippen LogP contribution in [0.4, 0.5) is 4.79 Å². The first-order valence-electron chi connectivity index (χ1n) is 8.80. The number of hydrogen-bond acceptors (Lipinski definition) is 4. The second kappa shape index (κ2) is 7.99. The number of hydrazine groups is 2. The number of hydrogen-bond donors (Lipinski definition) is 1. The van der Waals surface area contributed by atoms with Gasteiger partial charge in [-0.2, -0.15) is 0 Å². The zero-order valence-electron chi connectivity index (χ0n) is 14.5. The number of rotatable bonds is 5. The van der Waals surface area contributed by atoms with Gasteiger partial charge in [-0.05, 0) is 24.8 Å². The highest BCUT2D eigenvalue weighted by molar-refractivity contribution is 5.88. The van der Waals surface area contributed by atoms with Crippen molar-refractivity contribution in [2.24, 2.45) is 0 Å². The second-order valence-corrected chi connectivity index (χ2v) is 6.41. The van der Waals surface area contributed by atoms with Crippen LogP contribution >= 0.6 is 0 Å². The highest BCUT2D eigenvalue weighted by Crippen LogP contribution is 2.22. The molecule has 2 aliphatic rings. The number of aryl methyl sites for hydroxylation is 1. The first-order chi connectivity index (χ1) is 12.6. The van der Waals surface area contributed by atoms with E-state index in [1.807, 2.05) is 30.3 Å². The molecule has 0 bridgehead atoms. The van der Waals surface area contributed by atoms with Gasteiger partial charge in [0.2, 0.25) is 11.8 Å². The number of benzene rings is 1. The molecule has 8 nitrogen and oxygen atoms in total. The van der Waals surface area contributed by atoms with E-state index in [0.717, 1.165) is 10.6 Å². The Labute approximate surface area is 151 Å². The summed E-state index contributed by atoms with van der Waals surface area (Å²) < 4.78 is 0. The van der Waals surface area contributed by atoms with Gasteiger partial charge in [-0.25, -0.2) is 19.8 Å². The molecule has 0 radical (unpaired) electrons. The van der Waals surface area contributed by atoms with E-state index in [1.54, 1.807) is 0 Å². The predicted octanol–water partition coefficient (Wildman–Crippen LogP) is 0.883. The summed E-state index contributed by atoms with van der Waals surface area (Å²) in [5, 5.41) is 3.66. The second-order valence-electron chi connectivity index (χ2n) is 6.41. The SMILES string of the molecule is O=C[C@@H]1CCCN2C(=O)CCN(NC(=O)CCc3ccccc3)C(=O)N12. The molecule has 26 heavy (non-hydrogen) atoms. The Hall–Kier alpha value is -2.90. The molecule has 2 heterocycles. The van der Waals surface area contributed by atoms with Gasteiger partial charge >= 0.3 is 6.03 Å². The van der Waals surface area contributed by atoms with E-state index in [0.29, 0.717) is 32.1 Å². The number of carbonyl (C=O) groups is 4. The molecule has 0 spiro atoms. The molecule has 138 valence electrons. The van der Waals surface area contributed by atoms with Crippen molar-refractivity contribution in [3.05, 3.63) is 35.9 Å². The lowest BCUT2D eigenvalue weighted by molar-refractivity contribution is -0.151. The maximum Gasteiger partial charge on any atom is 0.358 e. The minimum Gasteiger partial charge on any atom is -0.301 e. The van der Waals surface area contributed by atoms with Gasteiger partial charge in [0.25, 0.3) is 0 Å². The van der Waals surface area contributed by atoms with E-state index in [4.69, 9.17) is 0 Å². The Morgan fingerprint density at radius 3 is 2.69 bits per heavy atom. The van der Waals surface area contributed by atoms with E-state index < -0.39 is 12.1 Å². The fourth-order valence-electron chi connectivity index (χ4n) is 3.24. The molecule has 2 fully saturated rings.